The summed E-state index contributed by atoms with van der Waals surface area (Å²) < 4.78 is 38.8. The smallest absolute Gasteiger partial charge is 0.398 e. The van der Waals surface area contributed by atoms with Crippen molar-refractivity contribution in [3.8, 4) is 0 Å². The molecule has 2 aromatic rings. The van der Waals surface area contributed by atoms with Crippen molar-refractivity contribution in [2.24, 2.45) is 0 Å². The van der Waals surface area contributed by atoms with Crippen LogP contribution in [0.5, 0.6) is 0 Å². The highest BCUT2D eigenvalue weighted by atomic mass is 19.4. The van der Waals surface area contributed by atoms with Crippen LogP contribution in [0.1, 0.15) is 18.1 Å². The van der Waals surface area contributed by atoms with Crippen molar-refractivity contribution in [1.29, 1.82) is 0 Å². The zero-order valence-electron chi connectivity index (χ0n) is 11.7. The number of nitrogen functional groups attached to an aromatic ring is 1. The van der Waals surface area contributed by atoms with Crippen molar-refractivity contribution in [2.75, 3.05) is 17.2 Å². The van der Waals surface area contributed by atoms with Crippen LogP contribution >= 0.6 is 0 Å². The van der Waals surface area contributed by atoms with Crippen LogP contribution in [0.25, 0.3) is 0 Å². The van der Waals surface area contributed by atoms with Crippen molar-refractivity contribution in [3.63, 3.8) is 0 Å². The molecule has 2 N–H and O–H groups in total. The fourth-order valence-electron chi connectivity index (χ4n) is 2.18. The molecule has 0 unspecified atom stereocenters. The van der Waals surface area contributed by atoms with E-state index in [2.05, 4.69) is 0 Å². The number of nitrogens with zero attached hydrogens (tertiary/aromatic N) is 1. The van der Waals surface area contributed by atoms with Gasteiger partial charge in [-0.1, -0.05) is 30.3 Å². The molecule has 0 fully saturated rings. The molecule has 2 nitrogen and oxygen atoms in total. The summed E-state index contributed by atoms with van der Waals surface area (Å²) in [6.45, 7) is 3.07. The minimum absolute atomic E-state index is 0.248. The van der Waals surface area contributed by atoms with Gasteiger partial charge in [0, 0.05) is 24.5 Å². The Labute approximate surface area is 122 Å². The van der Waals surface area contributed by atoms with E-state index in [9.17, 15) is 13.2 Å². The largest absolute Gasteiger partial charge is 0.418 e. The molecule has 0 saturated carbocycles. The minimum Gasteiger partial charge on any atom is -0.398 e. The lowest BCUT2D eigenvalue weighted by Crippen LogP contribution is -2.22. The molecule has 2 aromatic carbocycles. The van der Waals surface area contributed by atoms with Gasteiger partial charge in [0.15, 0.2) is 0 Å². The van der Waals surface area contributed by atoms with Crippen LogP contribution in [-0.4, -0.2) is 6.54 Å². The predicted octanol–water partition coefficient (Wildman–Crippen LogP) is 4.31. The Bertz CT molecular complexity index is 594. The summed E-state index contributed by atoms with van der Waals surface area (Å²) in [6, 6.07) is 13.7. The quantitative estimate of drug-likeness (QED) is 0.851. The SMILES string of the molecule is CCN(Cc1ccccc1)c1ccc(N)c(C(F)(F)F)c1. The number of hydrogen-bond donors (Lipinski definition) is 1. The summed E-state index contributed by atoms with van der Waals surface area (Å²) in [5.74, 6) is 0. The van der Waals surface area contributed by atoms with Gasteiger partial charge < -0.3 is 10.6 Å². The number of alkyl halides is 3. The monoisotopic (exact) mass is 294 g/mol. The molecule has 0 heterocycles. The molecule has 0 radical (unpaired) electrons. The Balaban J connectivity index is 2.30. The Morgan fingerprint density at radius 1 is 1.05 bits per heavy atom. The Morgan fingerprint density at radius 3 is 2.29 bits per heavy atom. The predicted molar refractivity (Wildman–Crippen MR) is 79.0 cm³/mol. The van der Waals surface area contributed by atoms with Gasteiger partial charge in [0.05, 0.1) is 5.56 Å². The van der Waals surface area contributed by atoms with E-state index < -0.39 is 11.7 Å². The van der Waals surface area contributed by atoms with E-state index in [4.69, 9.17) is 5.73 Å². The first-order valence-corrected chi connectivity index (χ1v) is 6.67. The number of rotatable bonds is 4. The van der Waals surface area contributed by atoms with Gasteiger partial charge in [-0.25, -0.2) is 0 Å². The minimum atomic E-state index is -4.44. The summed E-state index contributed by atoms with van der Waals surface area (Å²) in [6.07, 6.45) is -4.44. The second-order valence-electron chi connectivity index (χ2n) is 4.77. The first kappa shape index (κ1) is 15.2. The molecule has 2 rings (SSSR count). The van der Waals surface area contributed by atoms with E-state index in [-0.39, 0.29) is 5.69 Å². The molecule has 0 spiro atoms. The highest BCUT2D eigenvalue weighted by Crippen LogP contribution is 2.36. The number of anilines is 2. The van der Waals surface area contributed by atoms with Gasteiger partial charge in [-0.3, -0.25) is 0 Å². The Hall–Kier alpha value is -2.17. The Kier molecular flexibility index (Phi) is 4.40. The second-order valence-corrected chi connectivity index (χ2v) is 4.77. The van der Waals surface area contributed by atoms with Gasteiger partial charge in [-0.15, -0.1) is 0 Å². The number of hydrogen-bond acceptors (Lipinski definition) is 2. The molecule has 0 aliphatic heterocycles. The molecule has 112 valence electrons. The lowest BCUT2D eigenvalue weighted by atomic mass is 10.1. The molecule has 0 atom stereocenters. The fraction of sp³-hybridized carbons (Fsp3) is 0.250. The van der Waals surface area contributed by atoms with Gasteiger partial charge in [0.25, 0.3) is 0 Å². The van der Waals surface area contributed by atoms with Crippen LogP contribution in [0.3, 0.4) is 0 Å². The highest BCUT2D eigenvalue weighted by molar-refractivity contribution is 5.59. The molecular formula is C16H17F3N2. The summed E-state index contributed by atoms with van der Waals surface area (Å²) in [5.41, 5.74) is 5.96. The molecule has 0 amide bonds. The summed E-state index contributed by atoms with van der Waals surface area (Å²) in [7, 11) is 0. The molecular weight excluding hydrogens is 277 g/mol. The average molecular weight is 294 g/mol. The van der Waals surface area contributed by atoms with Crippen molar-refractivity contribution in [3.05, 3.63) is 59.7 Å². The van der Waals surface area contributed by atoms with Gasteiger partial charge in [0.2, 0.25) is 0 Å². The van der Waals surface area contributed by atoms with E-state index in [1.807, 2.05) is 42.2 Å². The molecule has 21 heavy (non-hydrogen) atoms. The zero-order valence-corrected chi connectivity index (χ0v) is 11.7. The van der Waals surface area contributed by atoms with E-state index in [0.29, 0.717) is 18.8 Å². The van der Waals surface area contributed by atoms with Crippen LogP contribution in [0.4, 0.5) is 24.5 Å². The standard InChI is InChI=1S/C16H17F3N2/c1-2-21(11-12-6-4-3-5-7-12)13-8-9-15(20)14(10-13)16(17,18)19/h3-10H,2,11,20H2,1H3. The third-order valence-electron chi connectivity index (χ3n) is 3.31. The number of benzene rings is 2. The van der Waals surface area contributed by atoms with Crippen LogP contribution in [0.15, 0.2) is 48.5 Å². The van der Waals surface area contributed by atoms with Crippen molar-refractivity contribution in [1.82, 2.24) is 0 Å². The second kappa shape index (κ2) is 6.08. The van der Waals surface area contributed by atoms with Gasteiger partial charge in [-0.05, 0) is 30.7 Å². The lowest BCUT2D eigenvalue weighted by Gasteiger charge is -2.24. The lowest BCUT2D eigenvalue weighted by molar-refractivity contribution is -0.136. The Morgan fingerprint density at radius 2 is 1.71 bits per heavy atom. The highest BCUT2D eigenvalue weighted by Gasteiger charge is 2.33. The van der Waals surface area contributed by atoms with E-state index in [1.54, 1.807) is 6.07 Å². The first-order chi connectivity index (χ1) is 9.91. The average Bonchev–Trinajstić information content (AvgIpc) is 2.45. The summed E-state index contributed by atoms with van der Waals surface area (Å²) >= 11 is 0. The van der Waals surface area contributed by atoms with Crippen molar-refractivity contribution in [2.45, 2.75) is 19.6 Å². The molecule has 0 saturated heterocycles. The van der Waals surface area contributed by atoms with Crippen LogP contribution in [0.2, 0.25) is 0 Å². The van der Waals surface area contributed by atoms with Gasteiger partial charge in [-0.2, -0.15) is 13.2 Å². The maximum Gasteiger partial charge on any atom is 0.418 e. The zero-order chi connectivity index (χ0) is 15.5. The molecule has 0 aliphatic rings. The third-order valence-corrected chi connectivity index (χ3v) is 3.31. The summed E-state index contributed by atoms with van der Waals surface area (Å²) in [4.78, 5) is 1.88. The first-order valence-electron chi connectivity index (χ1n) is 6.67. The van der Waals surface area contributed by atoms with Gasteiger partial charge in [0.1, 0.15) is 0 Å². The molecule has 5 heteroatoms. The topological polar surface area (TPSA) is 29.3 Å². The maximum atomic E-state index is 12.9. The van der Waals surface area contributed by atoms with Crippen LogP contribution in [0, 0.1) is 0 Å². The normalized spacial score (nSPS) is 11.4. The molecule has 0 aliphatic carbocycles. The van der Waals surface area contributed by atoms with E-state index in [0.717, 1.165) is 11.6 Å². The third kappa shape index (κ3) is 3.68. The van der Waals surface area contributed by atoms with E-state index in [1.165, 1.54) is 6.07 Å². The molecule has 0 bridgehead atoms. The summed E-state index contributed by atoms with van der Waals surface area (Å²) in [5, 5.41) is 0. The van der Waals surface area contributed by atoms with E-state index >= 15 is 0 Å². The van der Waals surface area contributed by atoms with Gasteiger partial charge >= 0.3 is 6.18 Å². The van der Waals surface area contributed by atoms with Crippen LogP contribution in [-0.2, 0) is 12.7 Å². The molecule has 0 aromatic heterocycles. The van der Waals surface area contributed by atoms with Crippen LogP contribution < -0.4 is 10.6 Å². The van der Waals surface area contributed by atoms with Crippen molar-refractivity contribution < 1.29 is 13.2 Å². The number of halogens is 3. The van der Waals surface area contributed by atoms with Crippen molar-refractivity contribution >= 4 is 11.4 Å². The number of nitrogens with two attached hydrogens (primary N) is 1. The fourth-order valence-corrected chi connectivity index (χ4v) is 2.18. The maximum absolute atomic E-state index is 12.9.